The third-order valence-electron chi connectivity index (χ3n) is 4.40. The number of aryl methyl sites for hydroxylation is 1. The number of hydrogen-bond acceptors (Lipinski definition) is 6. The van der Waals surface area contributed by atoms with Gasteiger partial charge >= 0.3 is 5.69 Å². The molecule has 1 fully saturated rings. The van der Waals surface area contributed by atoms with E-state index in [0.29, 0.717) is 23.7 Å². The average molecular weight is 374 g/mol. The number of amides is 1. The molecule has 2 aromatic rings. The Morgan fingerprint density at radius 1 is 1.48 bits per heavy atom. The Labute approximate surface area is 156 Å². The molecule has 3 rings (SSSR count). The number of carbonyl (C=O) groups is 1. The van der Waals surface area contributed by atoms with Gasteiger partial charge in [0, 0.05) is 18.4 Å². The van der Waals surface area contributed by atoms with Crippen LogP contribution in [0.3, 0.4) is 0 Å². The summed E-state index contributed by atoms with van der Waals surface area (Å²) in [5, 5.41) is 17.9. The van der Waals surface area contributed by atoms with Gasteiger partial charge in [0.15, 0.2) is 0 Å². The molecule has 1 atom stereocenters. The predicted molar refractivity (Wildman–Crippen MR) is 97.9 cm³/mol. The van der Waals surface area contributed by atoms with Crippen molar-refractivity contribution in [1.29, 1.82) is 0 Å². The maximum Gasteiger partial charge on any atom is 0.312 e. The Bertz CT molecular complexity index is 842. The molecular weight excluding hydrogens is 352 g/mol. The molecule has 0 spiro atoms. The number of nitrogens with zero attached hydrogens (tertiary/aromatic N) is 3. The molecule has 9 heteroatoms. The van der Waals surface area contributed by atoms with Crippen molar-refractivity contribution >= 4 is 17.3 Å². The third-order valence-corrected chi connectivity index (χ3v) is 4.40. The lowest BCUT2D eigenvalue weighted by Crippen LogP contribution is -2.20. The van der Waals surface area contributed by atoms with Crippen LogP contribution in [0.1, 0.15) is 24.2 Å². The van der Waals surface area contributed by atoms with Crippen molar-refractivity contribution in [1.82, 2.24) is 9.78 Å². The van der Waals surface area contributed by atoms with Gasteiger partial charge in [-0.25, -0.2) is 0 Å². The van der Waals surface area contributed by atoms with Crippen LogP contribution >= 0.6 is 0 Å². The zero-order chi connectivity index (χ0) is 19.4. The molecule has 1 N–H and O–H groups in total. The minimum absolute atomic E-state index is 0.0627. The quantitative estimate of drug-likeness (QED) is 0.589. The van der Waals surface area contributed by atoms with Crippen LogP contribution in [0.2, 0.25) is 0 Å². The van der Waals surface area contributed by atoms with Gasteiger partial charge < -0.3 is 14.8 Å². The molecule has 1 aromatic heterocycles. The van der Waals surface area contributed by atoms with Crippen molar-refractivity contribution < 1.29 is 19.2 Å². The minimum atomic E-state index is -0.485. The van der Waals surface area contributed by atoms with Gasteiger partial charge in [-0.15, -0.1) is 0 Å². The zero-order valence-electron chi connectivity index (χ0n) is 15.3. The van der Waals surface area contributed by atoms with Crippen molar-refractivity contribution in [2.45, 2.75) is 39.3 Å². The number of ether oxygens (including phenoxy) is 2. The fourth-order valence-corrected chi connectivity index (χ4v) is 3.07. The number of nitrogens with one attached hydrogen (secondary N) is 1. The van der Waals surface area contributed by atoms with Crippen LogP contribution in [0.15, 0.2) is 24.3 Å². The van der Waals surface area contributed by atoms with E-state index in [1.165, 1.54) is 4.68 Å². The maximum absolute atomic E-state index is 12.3. The van der Waals surface area contributed by atoms with Gasteiger partial charge in [0.2, 0.25) is 5.91 Å². The smallest absolute Gasteiger partial charge is 0.312 e. The number of anilines is 1. The predicted octanol–water partition coefficient (Wildman–Crippen LogP) is 2.60. The van der Waals surface area contributed by atoms with Crippen molar-refractivity contribution in [2.75, 3.05) is 18.5 Å². The molecule has 1 aliphatic rings. The van der Waals surface area contributed by atoms with Crippen LogP contribution in [0.4, 0.5) is 11.4 Å². The van der Waals surface area contributed by atoms with Crippen LogP contribution in [0.5, 0.6) is 5.75 Å². The average Bonchev–Trinajstić information content (AvgIpc) is 3.21. The van der Waals surface area contributed by atoms with Crippen molar-refractivity contribution in [3.05, 3.63) is 45.8 Å². The van der Waals surface area contributed by atoms with Gasteiger partial charge in [0.25, 0.3) is 0 Å². The normalized spacial score (nSPS) is 16.3. The number of rotatable bonds is 7. The summed E-state index contributed by atoms with van der Waals surface area (Å²) < 4.78 is 12.6. The molecule has 1 unspecified atom stereocenters. The Morgan fingerprint density at radius 3 is 2.96 bits per heavy atom. The molecule has 144 valence electrons. The fraction of sp³-hybridized carbons (Fsp3) is 0.444. The highest BCUT2D eigenvalue weighted by molar-refractivity contribution is 5.90. The molecular formula is C18H22N4O5. The third kappa shape index (κ3) is 4.62. The second-order valence-electron chi connectivity index (χ2n) is 6.46. The monoisotopic (exact) mass is 374 g/mol. The van der Waals surface area contributed by atoms with Crippen molar-refractivity contribution in [3.8, 4) is 5.75 Å². The molecule has 0 saturated carbocycles. The lowest BCUT2D eigenvalue weighted by Gasteiger charge is -2.12. The Hall–Kier alpha value is -2.94. The van der Waals surface area contributed by atoms with Gasteiger partial charge in [-0.1, -0.05) is 6.07 Å². The van der Waals surface area contributed by atoms with E-state index in [9.17, 15) is 14.9 Å². The summed E-state index contributed by atoms with van der Waals surface area (Å²) in [5.41, 5.74) is 1.16. The van der Waals surface area contributed by atoms with E-state index in [2.05, 4.69) is 10.4 Å². The van der Waals surface area contributed by atoms with Gasteiger partial charge in [-0.3, -0.25) is 19.6 Å². The standard InChI is InChI=1S/C18H22N4O5/c1-12-18(22(24)25)13(2)21(20-12)10-17(23)19-14-5-3-6-15(9-14)27-11-16-7-4-8-26-16/h3,5-6,9,16H,4,7-8,10-11H2,1-2H3,(H,19,23). The first kappa shape index (κ1) is 18.8. The highest BCUT2D eigenvalue weighted by Crippen LogP contribution is 2.22. The topological polar surface area (TPSA) is 109 Å². The SMILES string of the molecule is Cc1nn(CC(=O)Nc2cccc(OCC3CCCO3)c2)c(C)c1[N+](=O)[O-]. The first-order chi connectivity index (χ1) is 12.9. The molecule has 1 aliphatic heterocycles. The molecule has 1 saturated heterocycles. The van der Waals surface area contributed by atoms with E-state index in [4.69, 9.17) is 9.47 Å². The van der Waals surface area contributed by atoms with E-state index in [1.54, 1.807) is 32.0 Å². The lowest BCUT2D eigenvalue weighted by molar-refractivity contribution is -0.386. The van der Waals surface area contributed by atoms with Crippen LogP contribution in [-0.2, 0) is 16.1 Å². The Balaban J connectivity index is 1.60. The molecule has 1 aromatic carbocycles. The number of carbonyl (C=O) groups excluding carboxylic acids is 1. The van der Waals surface area contributed by atoms with E-state index < -0.39 is 4.92 Å². The summed E-state index contributed by atoms with van der Waals surface area (Å²) in [4.78, 5) is 22.9. The first-order valence-corrected chi connectivity index (χ1v) is 8.76. The largest absolute Gasteiger partial charge is 0.491 e. The summed E-state index contributed by atoms with van der Waals surface area (Å²) >= 11 is 0. The van der Waals surface area contributed by atoms with Gasteiger partial charge in [-0.05, 0) is 38.8 Å². The Kier molecular flexibility index (Phi) is 5.70. The highest BCUT2D eigenvalue weighted by Gasteiger charge is 2.22. The summed E-state index contributed by atoms with van der Waals surface area (Å²) in [6.07, 6.45) is 2.16. The van der Waals surface area contributed by atoms with Crippen molar-refractivity contribution in [2.24, 2.45) is 0 Å². The molecule has 9 nitrogen and oxygen atoms in total. The van der Waals surface area contributed by atoms with Gasteiger partial charge in [0.1, 0.15) is 30.3 Å². The summed E-state index contributed by atoms with van der Waals surface area (Å²) in [6, 6.07) is 7.08. The number of nitro groups is 1. The summed E-state index contributed by atoms with van der Waals surface area (Å²) in [7, 11) is 0. The fourth-order valence-electron chi connectivity index (χ4n) is 3.07. The van der Waals surface area contributed by atoms with Crippen LogP contribution in [0, 0.1) is 24.0 Å². The minimum Gasteiger partial charge on any atom is -0.491 e. The zero-order valence-corrected chi connectivity index (χ0v) is 15.3. The van der Waals surface area contributed by atoms with Crippen LogP contribution < -0.4 is 10.1 Å². The number of benzene rings is 1. The molecule has 27 heavy (non-hydrogen) atoms. The van der Waals surface area contributed by atoms with Gasteiger partial charge in [-0.2, -0.15) is 5.10 Å². The molecule has 0 radical (unpaired) electrons. The Morgan fingerprint density at radius 2 is 2.30 bits per heavy atom. The van der Waals surface area contributed by atoms with Gasteiger partial charge in [0.05, 0.1) is 11.0 Å². The van der Waals surface area contributed by atoms with E-state index in [-0.39, 0.29) is 29.9 Å². The first-order valence-electron chi connectivity index (χ1n) is 8.76. The second-order valence-corrected chi connectivity index (χ2v) is 6.46. The second kappa shape index (κ2) is 8.17. The van der Waals surface area contributed by atoms with E-state index in [0.717, 1.165) is 19.4 Å². The summed E-state index contributed by atoms with van der Waals surface area (Å²) in [5.74, 6) is 0.317. The lowest BCUT2D eigenvalue weighted by atomic mass is 10.2. The summed E-state index contributed by atoms with van der Waals surface area (Å²) in [6.45, 7) is 4.27. The van der Waals surface area contributed by atoms with E-state index >= 15 is 0 Å². The highest BCUT2D eigenvalue weighted by atomic mass is 16.6. The van der Waals surface area contributed by atoms with Crippen LogP contribution in [-0.4, -0.2) is 39.9 Å². The molecule has 0 aliphatic carbocycles. The number of aromatic nitrogens is 2. The molecule has 2 heterocycles. The molecule has 0 bridgehead atoms. The van der Waals surface area contributed by atoms with E-state index in [1.807, 2.05) is 6.07 Å². The van der Waals surface area contributed by atoms with Crippen molar-refractivity contribution in [3.63, 3.8) is 0 Å². The molecule has 1 amide bonds. The maximum atomic E-state index is 12.3. The van der Waals surface area contributed by atoms with Crippen LogP contribution in [0.25, 0.3) is 0 Å². The number of hydrogen-bond donors (Lipinski definition) is 1.